The molecule has 108 valence electrons. The number of carboxylic acids is 1. The molecule has 0 unspecified atom stereocenters. The van der Waals surface area contributed by atoms with Crippen LogP contribution in [0.4, 0.5) is 5.69 Å². The van der Waals surface area contributed by atoms with E-state index < -0.39 is 22.8 Å². The summed E-state index contributed by atoms with van der Waals surface area (Å²) in [5, 5.41) is 22.1. The Morgan fingerprint density at radius 1 is 1.40 bits per heavy atom. The van der Waals surface area contributed by atoms with E-state index in [9.17, 15) is 19.7 Å². The average Bonchev–Trinajstić information content (AvgIpc) is 2.34. The number of non-ortho nitro benzene ring substituents is 1. The molecule has 1 aromatic rings. The Kier molecular flexibility index (Phi) is 5.20. The highest BCUT2D eigenvalue weighted by Crippen LogP contribution is 2.22. The molecule has 0 radical (unpaired) electrons. The maximum Gasteiger partial charge on any atom is 0.326 e. The predicted molar refractivity (Wildman–Crippen MR) is 74.5 cm³/mol. The molecule has 0 aliphatic heterocycles. The fraction of sp³-hybridized carbons (Fsp3) is 0.333. The number of carboxylic acid groups (broad SMARTS) is 1. The fourth-order valence-electron chi connectivity index (χ4n) is 1.53. The molecule has 0 aromatic heterocycles. The van der Waals surface area contributed by atoms with Gasteiger partial charge in [-0.15, -0.1) is 0 Å². The van der Waals surface area contributed by atoms with Crippen molar-refractivity contribution in [2.45, 2.75) is 19.9 Å². The molecule has 0 heterocycles. The lowest BCUT2D eigenvalue weighted by Gasteiger charge is -2.18. The zero-order valence-electron chi connectivity index (χ0n) is 10.8. The number of nitrogens with one attached hydrogen (secondary N) is 1. The van der Waals surface area contributed by atoms with Crippen molar-refractivity contribution in [3.63, 3.8) is 0 Å². The van der Waals surface area contributed by atoms with Gasteiger partial charge in [0.2, 0.25) is 0 Å². The minimum Gasteiger partial charge on any atom is -0.480 e. The van der Waals surface area contributed by atoms with E-state index in [1.165, 1.54) is 12.1 Å². The third-order valence-electron chi connectivity index (χ3n) is 2.62. The van der Waals surface area contributed by atoms with Crippen LogP contribution in [0.25, 0.3) is 0 Å². The fourth-order valence-corrected chi connectivity index (χ4v) is 1.96. The molecular formula is C12H13BrN2O5. The molecule has 0 bridgehead atoms. The number of rotatable bonds is 5. The smallest absolute Gasteiger partial charge is 0.326 e. The van der Waals surface area contributed by atoms with Gasteiger partial charge in [0.1, 0.15) is 6.04 Å². The highest BCUT2D eigenvalue weighted by Gasteiger charge is 2.25. The number of hydrogen-bond acceptors (Lipinski definition) is 4. The number of nitro benzene ring substituents is 1. The first kappa shape index (κ1) is 16.1. The van der Waals surface area contributed by atoms with Gasteiger partial charge >= 0.3 is 5.97 Å². The molecule has 0 saturated carbocycles. The Labute approximate surface area is 123 Å². The molecule has 7 nitrogen and oxygen atoms in total. The van der Waals surface area contributed by atoms with Crippen LogP contribution in [0.3, 0.4) is 0 Å². The van der Waals surface area contributed by atoms with Gasteiger partial charge in [0, 0.05) is 16.6 Å². The van der Waals surface area contributed by atoms with Crippen molar-refractivity contribution in [2.24, 2.45) is 5.92 Å². The van der Waals surface area contributed by atoms with E-state index in [2.05, 4.69) is 21.2 Å². The van der Waals surface area contributed by atoms with Crippen molar-refractivity contribution in [2.75, 3.05) is 0 Å². The summed E-state index contributed by atoms with van der Waals surface area (Å²) in [7, 11) is 0. The molecular weight excluding hydrogens is 332 g/mol. The Bertz CT molecular complexity index is 559. The number of carbonyl (C=O) groups excluding carboxylic acids is 1. The number of halogens is 1. The standard InChI is InChI=1S/C12H13BrN2O5/c1-6(2)10(12(17)18)14-11(16)8-5-7(15(19)20)3-4-9(8)13/h3-6,10H,1-2H3,(H,14,16)(H,17,18)/t10-/m1/s1. The molecule has 0 aliphatic carbocycles. The van der Waals surface area contributed by atoms with E-state index in [4.69, 9.17) is 5.11 Å². The SMILES string of the molecule is CC(C)[C@@H](NC(=O)c1cc([N+](=O)[O-])ccc1Br)C(=O)O. The third-order valence-corrected chi connectivity index (χ3v) is 3.32. The largest absolute Gasteiger partial charge is 0.480 e. The lowest BCUT2D eigenvalue weighted by molar-refractivity contribution is -0.384. The van der Waals surface area contributed by atoms with Gasteiger partial charge in [-0.25, -0.2) is 4.79 Å². The van der Waals surface area contributed by atoms with E-state index in [1.807, 2.05) is 0 Å². The summed E-state index contributed by atoms with van der Waals surface area (Å²) < 4.78 is 0.355. The van der Waals surface area contributed by atoms with E-state index >= 15 is 0 Å². The minimum atomic E-state index is -1.16. The van der Waals surface area contributed by atoms with Crippen molar-refractivity contribution in [3.8, 4) is 0 Å². The van der Waals surface area contributed by atoms with Crippen LogP contribution in [0.1, 0.15) is 24.2 Å². The summed E-state index contributed by atoms with van der Waals surface area (Å²) in [5.74, 6) is -2.15. The van der Waals surface area contributed by atoms with E-state index in [-0.39, 0.29) is 17.2 Å². The molecule has 8 heteroatoms. The van der Waals surface area contributed by atoms with Crippen LogP contribution < -0.4 is 5.32 Å². The summed E-state index contributed by atoms with van der Waals surface area (Å²) in [6, 6.07) is 2.66. The van der Waals surface area contributed by atoms with E-state index in [0.29, 0.717) is 4.47 Å². The van der Waals surface area contributed by atoms with Crippen molar-refractivity contribution in [1.29, 1.82) is 0 Å². The third kappa shape index (κ3) is 3.77. The number of nitrogens with zero attached hydrogens (tertiary/aromatic N) is 1. The van der Waals surface area contributed by atoms with Gasteiger partial charge in [-0.1, -0.05) is 13.8 Å². The second-order valence-corrected chi connectivity index (χ2v) is 5.31. The van der Waals surface area contributed by atoms with Crippen LogP contribution in [-0.4, -0.2) is 27.9 Å². The summed E-state index contributed by atoms with van der Waals surface area (Å²) >= 11 is 3.11. The van der Waals surface area contributed by atoms with Crippen molar-refractivity contribution in [3.05, 3.63) is 38.3 Å². The Balaban J connectivity index is 3.05. The molecule has 0 saturated heterocycles. The van der Waals surface area contributed by atoms with Gasteiger partial charge in [0.05, 0.1) is 10.5 Å². The summed E-state index contributed by atoms with van der Waals surface area (Å²) in [4.78, 5) is 33.1. The predicted octanol–water partition coefficient (Wildman–Crippen LogP) is 2.20. The van der Waals surface area contributed by atoms with Crippen molar-refractivity contribution >= 4 is 33.5 Å². The van der Waals surface area contributed by atoms with Crippen molar-refractivity contribution < 1.29 is 19.6 Å². The average molecular weight is 345 g/mol. The molecule has 1 rings (SSSR count). The second kappa shape index (κ2) is 6.47. The molecule has 1 atom stereocenters. The highest BCUT2D eigenvalue weighted by molar-refractivity contribution is 9.10. The first-order chi connectivity index (χ1) is 9.23. The first-order valence-electron chi connectivity index (χ1n) is 5.71. The summed E-state index contributed by atoms with van der Waals surface area (Å²) in [6.07, 6.45) is 0. The summed E-state index contributed by atoms with van der Waals surface area (Å²) in [5.41, 5.74) is -0.221. The molecule has 1 aromatic carbocycles. The number of amides is 1. The Hall–Kier alpha value is -1.96. The van der Waals surface area contributed by atoms with Crippen LogP contribution >= 0.6 is 15.9 Å². The second-order valence-electron chi connectivity index (χ2n) is 4.45. The van der Waals surface area contributed by atoms with Gasteiger partial charge in [0.15, 0.2) is 0 Å². The number of hydrogen-bond donors (Lipinski definition) is 2. The molecule has 2 N–H and O–H groups in total. The van der Waals surface area contributed by atoms with Gasteiger partial charge < -0.3 is 10.4 Å². The normalized spacial score (nSPS) is 12.0. The Morgan fingerprint density at radius 2 is 2.00 bits per heavy atom. The van der Waals surface area contributed by atoms with Gasteiger partial charge in [-0.2, -0.15) is 0 Å². The molecule has 0 fully saturated rings. The summed E-state index contributed by atoms with van der Waals surface area (Å²) in [6.45, 7) is 3.31. The van der Waals surface area contributed by atoms with Crippen LogP contribution in [0, 0.1) is 16.0 Å². The lowest BCUT2D eigenvalue weighted by Crippen LogP contribution is -2.44. The number of benzene rings is 1. The molecule has 0 spiro atoms. The van der Waals surface area contributed by atoms with Crippen LogP contribution in [-0.2, 0) is 4.79 Å². The number of nitro groups is 1. The lowest BCUT2D eigenvalue weighted by atomic mass is 10.0. The molecule has 1 amide bonds. The highest BCUT2D eigenvalue weighted by atomic mass is 79.9. The minimum absolute atomic E-state index is 0.0195. The monoisotopic (exact) mass is 344 g/mol. The van der Waals surface area contributed by atoms with Crippen molar-refractivity contribution in [1.82, 2.24) is 5.32 Å². The maximum absolute atomic E-state index is 12.0. The van der Waals surface area contributed by atoms with Crippen LogP contribution in [0.5, 0.6) is 0 Å². The number of carbonyl (C=O) groups is 2. The molecule has 20 heavy (non-hydrogen) atoms. The van der Waals surface area contributed by atoms with Gasteiger partial charge in [-0.05, 0) is 27.9 Å². The Morgan fingerprint density at radius 3 is 2.45 bits per heavy atom. The van der Waals surface area contributed by atoms with E-state index in [1.54, 1.807) is 13.8 Å². The first-order valence-corrected chi connectivity index (χ1v) is 6.51. The zero-order valence-corrected chi connectivity index (χ0v) is 12.4. The van der Waals surface area contributed by atoms with Crippen LogP contribution in [0.2, 0.25) is 0 Å². The van der Waals surface area contributed by atoms with E-state index in [0.717, 1.165) is 6.07 Å². The topological polar surface area (TPSA) is 110 Å². The maximum atomic E-state index is 12.0. The quantitative estimate of drug-likeness (QED) is 0.628. The zero-order chi connectivity index (χ0) is 15.4. The number of aliphatic carboxylic acids is 1. The van der Waals surface area contributed by atoms with Gasteiger partial charge in [-0.3, -0.25) is 14.9 Å². The van der Waals surface area contributed by atoms with Crippen LogP contribution in [0.15, 0.2) is 22.7 Å². The molecule has 0 aliphatic rings. The van der Waals surface area contributed by atoms with Gasteiger partial charge in [0.25, 0.3) is 11.6 Å².